The van der Waals surface area contributed by atoms with Crippen molar-refractivity contribution in [1.29, 1.82) is 0 Å². The molecule has 0 radical (unpaired) electrons. The molecule has 0 bridgehead atoms. The number of nitrogens with zero attached hydrogens (tertiary/aromatic N) is 4. The lowest BCUT2D eigenvalue weighted by atomic mass is 10.1. The fourth-order valence-corrected chi connectivity index (χ4v) is 3.42. The summed E-state index contributed by atoms with van der Waals surface area (Å²) in [7, 11) is 0. The summed E-state index contributed by atoms with van der Waals surface area (Å²) < 4.78 is 24.2. The molecule has 1 aliphatic rings. The van der Waals surface area contributed by atoms with Crippen LogP contribution in [0.5, 0.6) is 0 Å². The average molecular weight is 437 g/mol. The number of morpholine rings is 1. The van der Waals surface area contributed by atoms with E-state index in [1.807, 2.05) is 0 Å². The molecular weight excluding hydrogens is 413 g/mol. The summed E-state index contributed by atoms with van der Waals surface area (Å²) in [6.07, 6.45) is 4.84. The first-order valence-electron chi connectivity index (χ1n) is 10.4. The first kappa shape index (κ1) is 21.6. The van der Waals surface area contributed by atoms with E-state index in [2.05, 4.69) is 20.2 Å². The van der Waals surface area contributed by atoms with Crippen LogP contribution in [-0.2, 0) is 9.47 Å². The second-order valence-corrected chi connectivity index (χ2v) is 7.30. The SMILES string of the molecule is CCOC(=O)c1cncc(-c2cnc(Nc3ccc(F)c(C)c3)nc2N2CCOCC2)c1. The predicted molar refractivity (Wildman–Crippen MR) is 119 cm³/mol. The minimum absolute atomic E-state index is 0.269. The van der Waals surface area contributed by atoms with Gasteiger partial charge in [-0.3, -0.25) is 4.98 Å². The Morgan fingerprint density at radius 3 is 2.78 bits per heavy atom. The van der Waals surface area contributed by atoms with Crippen LogP contribution < -0.4 is 10.2 Å². The summed E-state index contributed by atoms with van der Waals surface area (Å²) in [5.41, 5.74) is 3.03. The fourth-order valence-electron chi connectivity index (χ4n) is 3.42. The van der Waals surface area contributed by atoms with Gasteiger partial charge in [0.25, 0.3) is 0 Å². The number of hydrogen-bond acceptors (Lipinski definition) is 8. The molecule has 2 aromatic heterocycles. The number of rotatable bonds is 6. The third-order valence-corrected chi connectivity index (χ3v) is 5.05. The number of halogens is 1. The smallest absolute Gasteiger partial charge is 0.339 e. The molecule has 1 saturated heterocycles. The number of carbonyl (C=O) groups is 1. The van der Waals surface area contributed by atoms with Crippen LogP contribution in [-0.4, -0.2) is 53.8 Å². The molecular formula is C23H24FN5O3. The number of aryl methyl sites for hydroxylation is 1. The molecule has 4 rings (SSSR count). The number of hydrogen-bond donors (Lipinski definition) is 1. The van der Waals surface area contributed by atoms with Crippen LogP contribution in [0.25, 0.3) is 11.1 Å². The van der Waals surface area contributed by atoms with Crippen molar-refractivity contribution in [1.82, 2.24) is 15.0 Å². The summed E-state index contributed by atoms with van der Waals surface area (Å²) in [4.78, 5) is 27.7. The van der Waals surface area contributed by atoms with E-state index in [0.717, 1.165) is 5.56 Å². The molecule has 0 aliphatic carbocycles. The molecule has 1 aliphatic heterocycles. The zero-order valence-electron chi connectivity index (χ0n) is 18.0. The molecule has 3 heterocycles. The highest BCUT2D eigenvalue weighted by molar-refractivity contribution is 5.91. The molecule has 1 aromatic carbocycles. The number of esters is 1. The summed E-state index contributed by atoms with van der Waals surface area (Å²) >= 11 is 0. The van der Waals surface area contributed by atoms with Crippen LogP contribution in [0.2, 0.25) is 0 Å². The molecule has 0 unspecified atom stereocenters. The number of nitrogens with one attached hydrogen (secondary N) is 1. The van der Waals surface area contributed by atoms with Gasteiger partial charge in [0.15, 0.2) is 0 Å². The van der Waals surface area contributed by atoms with Gasteiger partial charge in [-0.25, -0.2) is 14.2 Å². The second kappa shape index (κ2) is 9.69. The molecule has 0 spiro atoms. The number of anilines is 3. The van der Waals surface area contributed by atoms with Crippen molar-refractivity contribution in [2.24, 2.45) is 0 Å². The Morgan fingerprint density at radius 2 is 2.03 bits per heavy atom. The zero-order valence-corrected chi connectivity index (χ0v) is 18.0. The maximum atomic E-state index is 13.6. The lowest BCUT2D eigenvalue weighted by Crippen LogP contribution is -2.37. The molecule has 1 fully saturated rings. The van der Waals surface area contributed by atoms with E-state index in [1.54, 1.807) is 44.4 Å². The number of benzene rings is 1. The lowest BCUT2D eigenvalue weighted by Gasteiger charge is -2.29. The first-order valence-corrected chi connectivity index (χ1v) is 10.4. The molecule has 166 valence electrons. The summed E-state index contributed by atoms with van der Waals surface area (Å²) in [5, 5.41) is 3.14. The van der Waals surface area contributed by atoms with Gasteiger partial charge in [-0.2, -0.15) is 4.98 Å². The standard InChI is InChI=1S/C23H24FN5O3/c1-3-32-22(30)17-11-16(12-25-13-17)19-14-26-23(27-18-4-5-20(24)15(2)10-18)28-21(19)29-6-8-31-9-7-29/h4-5,10-14H,3,6-9H2,1-2H3,(H,26,27,28). The van der Waals surface area contributed by atoms with Gasteiger partial charge in [0.1, 0.15) is 11.6 Å². The number of pyridine rings is 1. The Morgan fingerprint density at radius 1 is 1.22 bits per heavy atom. The number of aromatic nitrogens is 3. The summed E-state index contributed by atoms with van der Waals surface area (Å²) in [6.45, 7) is 6.26. The largest absolute Gasteiger partial charge is 0.462 e. The summed E-state index contributed by atoms with van der Waals surface area (Å²) in [5.74, 6) is 0.388. The quantitative estimate of drug-likeness (QED) is 0.584. The number of ether oxygens (including phenoxy) is 2. The molecule has 3 aromatic rings. The Balaban J connectivity index is 1.71. The fraction of sp³-hybridized carbons (Fsp3) is 0.304. The monoisotopic (exact) mass is 437 g/mol. The third kappa shape index (κ3) is 4.83. The van der Waals surface area contributed by atoms with Crippen LogP contribution in [0.4, 0.5) is 21.8 Å². The highest BCUT2D eigenvalue weighted by Crippen LogP contribution is 2.31. The molecule has 0 amide bonds. The normalized spacial score (nSPS) is 13.7. The first-order chi connectivity index (χ1) is 15.5. The van der Waals surface area contributed by atoms with Crippen molar-refractivity contribution in [3.63, 3.8) is 0 Å². The average Bonchev–Trinajstić information content (AvgIpc) is 2.82. The van der Waals surface area contributed by atoms with Gasteiger partial charge in [-0.1, -0.05) is 0 Å². The van der Waals surface area contributed by atoms with Crippen LogP contribution in [0.1, 0.15) is 22.8 Å². The second-order valence-electron chi connectivity index (χ2n) is 7.30. The Kier molecular flexibility index (Phi) is 6.55. The van der Waals surface area contributed by atoms with E-state index in [4.69, 9.17) is 14.5 Å². The van der Waals surface area contributed by atoms with E-state index in [1.165, 1.54) is 12.3 Å². The van der Waals surface area contributed by atoms with Gasteiger partial charge in [0, 0.05) is 48.5 Å². The van der Waals surface area contributed by atoms with Gasteiger partial charge < -0.3 is 19.7 Å². The van der Waals surface area contributed by atoms with Crippen LogP contribution in [0.3, 0.4) is 0 Å². The zero-order chi connectivity index (χ0) is 22.5. The van der Waals surface area contributed by atoms with Crippen LogP contribution >= 0.6 is 0 Å². The van der Waals surface area contributed by atoms with Crippen LogP contribution in [0, 0.1) is 12.7 Å². The molecule has 32 heavy (non-hydrogen) atoms. The molecule has 1 N–H and O–H groups in total. The van der Waals surface area contributed by atoms with E-state index in [0.29, 0.717) is 60.4 Å². The van der Waals surface area contributed by atoms with E-state index in [9.17, 15) is 9.18 Å². The topological polar surface area (TPSA) is 89.5 Å². The maximum Gasteiger partial charge on any atom is 0.339 e. The third-order valence-electron chi connectivity index (χ3n) is 5.05. The Labute approximate surface area is 185 Å². The highest BCUT2D eigenvalue weighted by atomic mass is 19.1. The summed E-state index contributed by atoms with van der Waals surface area (Å²) in [6, 6.07) is 6.47. The Hall–Kier alpha value is -3.59. The molecule has 0 atom stereocenters. The minimum atomic E-state index is -0.430. The maximum absolute atomic E-state index is 13.6. The minimum Gasteiger partial charge on any atom is -0.462 e. The van der Waals surface area contributed by atoms with Gasteiger partial charge in [0.2, 0.25) is 5.95 Å². The number of carbonyl (C=O) groups excluding carboxylic acids is 1. The van der Waals surface area contributed by atoms with Crippen molar-refractivity contribution in [3.8, 4) is 11.1 Å². The van der Waals surface area contributed by atoms with Crippen LogP contribution in [0.15, 0.2) is 42.9 Å². The van der Waals surface area contributed by atoms with Crippen molar-refractivity contribution in [2.45, 2.75) is 13.8 Å². The molecule has 9 heteroatoms. The van der Waals surface area contributed by atoms with Gasteiger partial charge in [0.05, 0.1) is 25.4 Å². The van der Waals surface area contributed by atoms with E-state index >= 15 is 0 Å². The van der Waals surface area contributed by atoms with E-state index < -0.39 is 5.97 Å². The van der Waals surface area contributed by atoms with E-state index in [-0.39, 0.29) is 12.4 Å². The van der Waals surface area contributed by atoms with Gasteiger partial charge >= 0.3 is 5.97 Å². The lowest BCUT2D eigenvalue weighted by molar-refractivity contribution is 0.0526. The van der Waals surface area contributed by atoms with Gasteiger partial charge in [-0.15, -0.1) is 0 Å². The molecule has 8 nitrogen and oxygen atoms in total. The van der Waals surface area contributed by atoms with Crippen molar-refractivity contribution in [2.75, 3.05) is 43.1 Å². The predicted octanol–water partition coefficient (Wildman–Crippen LogP) is 3.74. The highest BCUT2D eigenvalue weighted by Gasteiger charge is 2.20. The van der Waals surface area contributed by atoms with Crippen molar-refractivity contribution < 1.29 is 18.7 Å². The van der Waals surface area contributed by atoms with Crippen molar-refractivity contribution in [3.05, 3.63) is 59.8 Å². The molecule has 0 saturated carbocycles. The Bertz CT molecular complexity index is 1120. The van der Waals surface area contributed by atoms with Gasteiger partial charge in [-0.05, 0) is 43.7 Å². The van der Waals surface area contributed by atoms with Crippen molar-refractivity contribution >= 4 is 23.4 Å².